The molecule has 0 unspecified atom stereocenters. The van der Waals surface area contributed by atoms with Crippen LogP contribution in [0.3, 0.4) is 0 Å². The van der Waals surface area contributed by atoms with Crippen LogP contribution in [0.15, 0.2) is 60.0 Å². The predicted octanol–water partition coefficient (Wildman–Crippen LogP) is 3.97. The maximum absolute atomic E-state index is 12.7. The number of ether oxygens (including phenoxy) is 2. The molecule has 7 heteroatoms. The summed E-state index contributed by atoms with van der Waals surface area (Å²) >= 11 is 0. The van der Waals surface area contributed by atoms with Gasteiger partial charge in [0.25, 0.3) is 0 Å². The van der Waals surface area contributed by atoms with E-state index in [1.54, 1.807) is 6.92 Å². The quantitative estimate of drug-likeness (QED) is 0.451. The van der Waals surface area contributed by atoms with Crippen molar-refractivity contribution in [1.29, 1.82) is 0 Å². The Balaban J connectivity index is 2.44. The molecule has 0 fully saturated rings. The number of carbonyl (C=O) groups excluding carboxylic acids is 1. The van der Waals surface area contributed by atoms with Crippen LogP contribution in [0.1, 0.15) is 15.9 Å². The highest BCUT2D eigenvalue weighted by Crippen LogP contribution is 2.35. The highest BCUT2D eigenvalue weighted by atomic mass is 32.2. The normalized spacial score (nSPS) is 11.3. The lowest BCUT2D eigenvalue weighted by atomic mass is 9.97. The lowest BCUT2D eigenvalue weighted by molar-refractivity contribution is 0.0602. The molecule has 3 aromatic rings. The van der Waals surface area contributed by atoms with Crippen molar-refractivity contribution in [3.8, 4) is 17.0 Å². The molecule has 0 bridgehead atoms. The second-order valence-electron chi connectivity index (χ2n) is 6.41. The Morgan fingerprint density at radius 1 is 1.17 bits per heavy atom. The fourth-order valence-corrected chi connectivity index (χ4v) is 4.49. The van der Waals surface area contributed by atoms with Crippen molar-refractivity contribution < 1.29 is 22.7 Å². The predicted molar refractivity (Wildman–Crippen MR) is 112 cm³/mol. The first-order chi connectivity index (χ1) is 13.8. The van der Waals surface area contributed by atoms with Crippen molar-refractivity contribution in [2.45, 2.75) is 11.8 Å². The van der Waals surface area contributed by atoms with Crippen molar-refractivity contribution in [3.63, 3.8) is 0 Å². The Morgan fingerprint density at radius 2 is 1.86 bits per heavy atom. The number of carbonyl (C=O) groups is 1. The number of fused-ring (bicyclic) bond motifs is 1. The van der Waals surface area contributed by atoms with Gasteiger partial charge < -0.3 is 9.47 Å². The van der Waals surface area contributed by atoms with E-state index in [-0.39, 0.29) is 22.0 Å². The Kier molecular flexibility index (Phi) is 5.70. The first kappa shape index (κ1) is 20.5. The number of methoxy groups -OCH3 is 2. The van der Waals surface area contributed by atoms with Crippen LogP contribution in [0.5, 0.6) is 5.75 Å². The molecular formula is C22H21NO5S. The number of esters is 1. The van der Waals surface area contributed by atoms with Crippen LogP contribution < -0.4 is 4.74 Å². The Bertz CT molecular complexity index is 1200. The van der Waals surface area contributed by atoms with E-state index in [1.165, 1.54) is 32.4 Å². The molecule has 0 saturated carbocycles. The fourth-order valence-electron chi connectivity index (χ4n) is 3.26. The topological polar surface area (TPSA) is 82.6 Å². The highest BCUT2D eigenvalue weighted by Gasteiger charge is 2.25. The van der Waals surface area contributed by atoms with Crippen molar-refractivity contribution >= 4 is 26.7 Å². The number of hydrogen-bond acceptors (Lipinski definition) is 6. The third-order valence-electron chi connectivity index (χ3n) is 4.62. The Morgan fingerprint density at radius 3 is 2.45 bits per heavy atom. The van der Waals surface area contributed by atoms with E-state index in [1.807, 2.05) is 30.3 Å². The smallest absolute Gasteiger partial charge is 0.338 e. The Hall–Kier alpha value is -3.19. The highest BCUT2D eigenvalue weighted by molar-refractivity contribution is 7.91. The van der Waals surface area contributed by atoms with Gasteiger partial charge in [0.05, 0.1) is 36.7 Å². The maximum atomic E-state index is 12.7. The molecule has 0 radical (unpaired) electrons. The van der Waals surface area contributed by atoms with Crippen LogP contribution >= 0.6 is 0 Å². The van der Waals surface area contributed by atoms with Gasteiger partial charge >= 0.3 is 5.97 Å². The van der Waals surface area contributed by atoms with Gasteiger partial charge in [0.2, 0.25) is 0 Å². The van der Waals surface area contributed by atoms with Gasteiger partial charge in [-0.15, -0.1) is 6.58 Å². The summed E-state index contributed by atoms with van der Waals surface area (Å²) in [7, 11) is -1.01. The number of hydrogen-bond donors (Lipinski definition) is 0. The van der Waals surface area contributed by atoms with Crippen LogP contribution in [-0.2, 0) is 14.6 Å². The summed E-state index contributed by atoms with van der Waals surface area (Å²) in [6.07, 6.45) is 1.31. The first-order valence-corrected chi connectivity index (χ1v) is 10.5. The number of sulfone groups is 1. The molecule has 0 spiro atoms. The molecule has 0 N–H and O–H groups in total. The molecule has 0 aliphatic rings. The third kappa shape index (κ3) is 3.73. The van der Waals surface area contributed by atoms with E-state index in [2.05, 4.69) is 6.58 Å². The number of rotatable bonds is 6. The molecule has 0 aliphatic heterocycles. The number of aromatic nitrogens is 1. The molecule has 150 valence electrons. The van der Waals surface area contributed by atoms with Gasteiger partial charge in [-0.25, -0.2) is 18.2 Å². The molecule has 0 atom stereocenters. The van der Waals surface area contributed by atoms with Gasteiger partial charge in [0, 0.05) is 17.0 Å². The van der Waals surface area contributed by atoms with E-state index in [4.69, 9.17) is 14.5 Å². The van der Waals surface area contributed by atoms with Crippen molar-refractivity contribution in [3.05, 3.63) is 66.2 Å². The van der Waals surface area contributed by atoms with Gasteiger partial charge in [-0.1, -0.05) is 36.4 Å². The van der Waals surface area contributed by atoms with Gasteiger partial charge in [-0.3, -0.25) is 0 Å². The van der Waals surface area contributed by atoms with Crippen LogP contribution in [0.4, 0.5) is 0 Å². The van der Waals surface area contributed by atoms with Crippen LogP contribution in [0.25, 0.3) is 22.2 Å². The second-order valence-corrected chi connectivity index (χ2v) is 8.41. The van der Waals surface area contributed by atoms with E-state index >= 15 is 0 Å². The average molecular weight is 411 g/mol. The van der Waals surface area contributed by atoms with E-state index in [9.17, 15) is 13.2 Å². The molecule has 0 saturated heterocycles. The summed E-state index contributed by atoms with van der Waals surface area (Å²) in [5.41, 5.74) is 2.76. The lowest BCUT2D eigenvalue weighted by Gasteiger charge is -2.16. The third-order valence-corrected chi connectivity index (χ3v) is 6.29. The van der Waals surface area contributed by atoms with Crippen LogP contribution in [0, 0.1) is 6.92 Å². The van der Waals surface area contributed by atoms with Crippen molar-refractivity contribution in [2.75, 3.05) is 20.0 Å². The van der Waals surface area contributed by atoms with E-state index in [0.717, 1.165) is 5.56 Å². The molecule has 6 nitrogen and oxygen atoms in total. The van der Waals surface area contributed by atoms with E-state index < -0.39 is 15.8 Å². The standard InChI is InChI=1S/C22H21NO5S/c1-5-11-29(25,26)19-12-16-17(13-18(19)27-3)23-21(15-9-7-6-8-10-15)14(2)20(16)22(24)28-4/h5-10,12-13H,1,11H2,2-4H3. The summed E-state index contributed by atoms with van der Waals surface area (Å²) in [4.78, 5) is 17.3. The number of benzene rings is 2. The van der Waals surface area contributed by atoms with Gasteiger partial charge in [0.1, 0.15) is 10.6 Å². The van der Waals surface area contributed by atoms with Crippen LogP contribution in [-0.4, -0.2) is 39.3 Å². The lowest BCUT2D eigenvalue weighted by Crippen LogP contribution is -2.10. The van der Waals surface area contributed by atoms with E-state index in [0.29, 0.717) is 22.2 Å². The Labute approximate surface area is 169 Å². The summed E-state index contributed by atoms with van der Waals surface area (Å²) in [6.45, 7) is 5.27. The summed E-state index contributed by atoms with van der Waals surface area (Å²) in [5, 5.41) is 0.387. The SMILES string of the molecule is C=CCS(=O)(=O)c1cc2c(C(=O)OC)c(C)c(-c3ccccc3)nc2cc1OC. The first-order valence-electron chi connectivity index (χ1n) is 8.83. The zero-order valence-electron chi connectivity index (χ0n) is 16.4. The fraction of sp³-hybridized carbons (Fsp3) is 0.182. The molecule has 1 heterocycles. The van der Waals surface area contributed by atoms with Crippen molar-refractivity contribution in [1.82, 2.24) is 4.98 Å². The summed E-state index contributed by atoms with van der Waals surface area (Å²) < 4.78 is 35.7. The second kappa shape index (κ2) is 8.05. The minimum atomic E-state index is -3.69. The van der Waals surface area contributed by atoms with Crippen molar-refractivity contribution in [2.24, 2.45) is 0 Å². The summed E-state index contributed by atoms with van der Waals surface area (Å²) in [6, 6.07) is 12.4. The van der Waals surface area contributed by atoms with Crippen LogP contribution in [0.2, 0.25) is 0 Å². The maximum Gasteiger partial charge on any atom is 0.338 e. The largest absolute Gasteiger partial charge is 0.495 e. The average Bonchev–Trinajstić information content (AvgIpc) is 2.72. The number of pyridine rings is 1. The minimum Gasteiger partial charge on any atom is -0.495 e. The molecule has 29 heavy (non-hydrogen) atoms. The molecule has 1 aromatic heterocycles. The monoisotopic (exact) mass is 411 g/mol. The minimum absolute atomic E-state index is 0.0220. The molecule has 0 aliphatic carbocycles. The molecule has 3 rings (SSSR count). The molecular weight excluding hydrogens is 390 g/mol. The van der Waals surface area contributed by atoms with Gasteiger partial charge in [0.15, 0.2) is 9.84 Å². The molecule has 0 amide bonds. The van der Waals surface area contributed by atoms with Gasteiger partial charge in [-0.2, -0.15) is 0 Å². The number of nitrogens with zero attached hydrogens (tertiary/aromatic N) is 1. The zero-order valence-corrected chi connectivity index (χ0v) is 17.2. The summed E-state index contributed by atoms with van der Waals surface area (Å²) in [5.74, 6) is -0.661. The molecule has 2 aromatic carbocycles. The van der Waals surface area contributed by atoms with Gasteiger partial charge in [-0.05, 0) is 18.6 Å². The zero-order chi connectivity index (χ0) is 21.2.